The number of hydrogen-bond donors (Lipinski definition) is 1. The topological polar surface area (TPSA) is 46.3 Å². The number of benzene rings is 1. The van der Waals surface area contributed by atoms with E-state index in [1.807, 2.05) is 25.1 Å². The Morgan fingerprint density at radius 3 is 3.08 bits per heavy atom. The van der Waals surface area contributed by atoms with Gasteiger partial charge in [-0.05, 0) is 13.0 Å². The van der Waals surface area contributed by atoms with Crippen molar-refractivity contribution in [1.82, 2.24) is 5.16 Å². The third-order valence-corrected chi connectivity index (χ3v) is 1.94. The maximum atomic E-state index is 8.96. The van der Waals surface area contributed by atoms with Crippen LogP contribution in [-0.4, -0.2) is 10.3 Å². The zero-order valence-electron chi connectivity index (χ0n) is 6.74. The van der Waals surface area contributed by atoms with Gasteiger partial charge in [0.05, 0.1) is 6.61 Å². The van der Waals surface area contributed by atoms with Crippen LogP contribution in [0.3, 0.4) is 0 Å². The summed E-state index contributed by atoms with van der Waals surface area (Å²) in [5.74, 6) is 0.792. The molecule has 0 bridgehead atoms. The Morgan fingerprint density at radius 1 is 1.50 bits per heavy atom. The highest BCUT2D eigenvalue weighted by Crippen LogP contribution is 2.20. The molecule has 1 aromatic carbocycles. The molecule has 0 saturated carbocycles. The summed E-state index contributed by atoms with van der Waals surface area (Å²) in [7, 11) is 0. The third-order valence-electron chi connectivity index (χ3n) is 1.94. The van der Waals surface area contributed by atoms with E-state index >= 15 is 0 Å². The van der Waals surface area contributed by atoms with Gasteiger partial charge in [0, 0.05) is 10.9 Å². The van der Waals surface area contributed by atoms with Crippen LogP contribution in [0.25, 0.3) is 10.9 Å². The number of aromatic nitrogens is 1. The van der Waals surface area contributed by atoms with Crippen molar-refractivity contribution in [3.05, 3.63) is 29.5 Å². The Morgan fingerprint density at radius 2 is 2.33 bits per heavy atom. The zero-order chi connectivity index (χ0) is 8.55. The second-order valence-corrected chi connectivity index (χ2v) is 2.71. The summed E-state index contributed by atoms with van der Waals surface area (Å²) in [5.41, 5.74) is 1.57. The lowest BCUT2D eigenvalue weighted by Crippen LogP contribution is -1.83. The molecule has 2 aromatic rings. The summed E-state index contributed by atoms with van der Waals surface area (Å²) < 4.78 is 5.00. The summed E-state index contributed by atoms with van der Waals surface area (Å²) >= 11 is 0. The second kappa shape index (κ2) is 2.60. The SMILES string of the molecule is Cc1onc2c(CO)cccc12. The number of aliphatic hydroxyl groups is 1. The van der Waals surface area contributed by atoms with Gasteiger partial charge in [-0.25, -0.2) is 0 Å². The fourth-order valence-corrected chi connectivity index (χ4v) is 1.27. The lowest BCUT2D eigenvalue weighted by atomic mass is 10.1. The molecule has 12 heavy (non-hydrogen) atoms. The highest BCUT2D eigenvalue weighted by molar-refractivity contribution is 5.83. The molecule has 0 aliphatic heterocycles. The fraction of sp³-hybridized carbons (Fsp3) is 0.222. The normalized spacial score (nSPS) is 10.8. The Hall–Kier alpha value is -1.35. The molecular formula is C9H9NO2. The minimum absolute atomic E-state index is 0.00329. The molecule has 62 valence electrons. The van der Waals surface area contributed by atoms with E-state index in [0.717, 1.165) is 22.2 Å². The summed E-state index contributed by atoms with van der Waals surface area (Å²) in [4.78, 5) is 0. The van der Waals surface area contributed by atoms with Crippen molar-refractivity contribution >= 4 is 10.9 Å². The van der Waals surface area contributed by atoms with Crippen molar-refractivity contribution in [2.75, 3.05) is 0 Å². The average Bonchev–Trinajstić information content (AvgIpc) is 2.48. The van der Waals surface area contributed by atoms with E-state index in [1.54, 1.807) is 0 Å². The van der Waals surface area contributed by atoms with Gasteiger partial charge in [0.25, 0.3) is 0 Å². The molecule has 3 nitrogen and oxygen atoms in total. The number of nitrogens with zero attached hydrogens (tertiary/aromatic N) is 1. The smallest absolute Gasteiger partial charge is 0.141 e. The first-order valence-corrected chi connectivity index (χ1v) is 3.77. The highest BCUT2D eigenvalue weighted by atomic mass is 16.5. The molecule has 0 aliphatic carbocycles. The number of hydrogen-bond acceptors (Lipinski definition) is 3. The highest BCUT2D eigenvalue weighted by Gasteiger charge is 2.06. The van der Waals surface area contributed by atoms with E-state index in [0.29, 0.717) is 0 Å². The van der Waals surface area contributed by atoms with Gasteiger partial charge in [-0.3, -0.25) is 0 Å². The van der Waals surface area contributed by atoms with Crippen molar-refractivity contribution in [3.63, 3.8) is 0 Å². The van der Waals surface area contributed by atoms with Gasteiger partial charge < -0.3 is 9.63 Å². The van der Waals surface area contributed by atoms with Gasteiger partial charge in [0.15, 0.2) is 0 Å². The van der Waals surface area contributed by atoms with E-state index in [2.05, 4.69) is 5.16 Å². The third kappa shape index (κ3) is 0.905. The van der Waals surface area contributed by atoms with Crippen LogP contribution in [0.1, 0.15) is 11.3 Å². The van der Waals surface area contributed by atoms with Crippen LogP contribution in [0.2, 0.25) is 0 Å². The molecule has 1 heterocycles. The van der Waals surface area contributed by atoms with Crippen LogP contribution < -0.4 is 0 Å². The number of rotatable bonds is 1. The summed E-state index contributed by atoms with van der Waals surface area (Å²) in [5, 5.41) is 13.8. The first-order chi connectivity index (χ1) is 5.83. The Kier molecular flexibility index (Phi) is 1.59. The molecule has 0 aliphatic rings. The molecular weight excluding hydrogens is 154 g/mol. The molecule has 0 radical (unpaired) electrons. The first-order valence-electron chi connectivity index (χ1n) is 3.77. The van der Waals surface area contributed by atoms with Gasteiger partial charge in [-0.15, -0.1) is 0 Å². The van der Waals surface area contributed by atoms with Crippen LogP contribution in [0, 0.1) is 6.92 Å². The van der Waals surface area contributed by atoms with E-state index in [9.17, 15) is 0 Å². The van der Waals surface area contributed by atoms with Gasteiger partial charge in [0.2, 0.25) is 0 Å². The Bertz CT molecular complexity index is 406. The second-order valence-electron chi connectivity index (χ2n) is 2.71. The lowest BCUT2D eigenvalue weighted by Gasteiger charge is -1.94. The molecule has 1 aromatic heterocycles. The van der Waals surface area contributed by atoms with Crippen LogP contribution >= 0.6 is 0 Å². The monoisotopic (exact) mass is 163 g/mol. The standard InChI is InChI=1S/C9H9NO2/c1-6-8-4-2-3-7(5-11)9(8)10-12-6/h2-4,11H,5H2,1H3. The molecule has 0 saturated heterocycles. The van der Waals surface area contributed by atoms with E-state index in [-0.39, 0.29) is 6.61 Å². The first kappa shape index (κ1) is 7.31. The Labute approximate surface area is 69.6 Å². The van der Waals surface area contributed by atoms with Crippen LogP contribution in [0.5, 0.6) is 0 Å². The van der Waals surface area contributed by atoms with E-state index in [1.165, 1.54) is 0 Å². The van der Waals surface area contributed by atoms with Crippen molar-refractivity contribution in [2.24, 2.45) is 0 Å². The van der Waals surface area contributed by atoms with Gasteiger partial charge in [-0.1, -0.05) is 17.3 Å². The predicted octanol–water partition coefficient (Wildman–Crippen LogP) is 1.63. The van der Waals surface area contributed by atoms with Crippen molar-refractivity contribution in [1.29, 1.82) is 0 Å². The van der Waals surface area contributed by atoms with Crippen molar-refractivity contribution in [3.8, 4) is 0 Å². The maximum absolute atomic E-state index is 8.96. The largest absolute Gasteiger partial charge is 0.392 e. The minimum Gasteiger partial charge on any atom is -0.392 e. The summed E-state index contributed by atoms with van der Waals surface area (Å²) in [6.07, 6.45) is 0. The lowest BCUT2D eigenvalue weighted by molar-refractivity contribution is 0.282. The summed E-state index contributed by atoms with van der Waals surface area (Å²) in [6, 6.07) is 5.66. The van der Waals surface area contributed by atoms with Gasteiger partial charge in [0.1, 0.15) is 11.3 Å². The molecule has 3 heteroatoms. The molecule has 0 atom stereocenters. The average molecular weight is 163 g/mol. The van der Waals surface area contributed by atoms with Gasteiger partial charge >= 0.3 is 0 Å². The molecule has 0 unspecified atom stereocenters. The van der Waals surface area contributed by atoms with Crippen LogP contribution in [0.4, 0.5) is 0 Å². The fourth-order valence-electron chi connectivity index (χ4n) is 1.27. The molecule has 1 N–H and O–H groups in total. The van der Waals surface area contributed by atoms with E-state index in [4.69, 9.17) is 9.63 Å². The van der Waals surface area contributed by atoms with E-state index < -0.39 is 0 Å². The van der Waals surface area contributed by atoms with Gasteiger partial charge in [-0.2, -0.15) is 0 Å². The van der Waals surface area contributed by atoms with Crippen molar-refractivity contribution in [2.45, 2.75) is 13.5 Å². The molecule has 0 fully saturated rings. The van der Waals surface area contributed by atoms with Crippen LogP contribution in [-0.2, 0) is 6.61 Å². The number of aliphatic hydroxyl groups excluding tert-OH is 1. The Balaban J connectivity index is 2.81. The molecule has 0 amide bonds. The quantitative estimate of drug-likeness (QED) is 0.695. The zero-order valence-corrected chi connectivity index (χ0v) is 6.74. The van der Waals surface area contributed by atoms with Crippen LogP contribution in [0.15, 0.2) is 22.7 Å². The minimum atomic E-state index is 0.00329. The maximum Gasteiger partial charge on any atom is 0.141 e. The number of aryl methyl sites for hydroxylation is 1. The predicted molar refractivity (Wildman–Crippen MR) is 44.7 cm³/mol. The number of fused-ring (bicyclic) bond motifs is 1. The molecule has 0 spiro atoms. The summed E-state index contributed by atoms with van der Waals surface area (Å²) in [6.45, 7) is 1.86. The van der Waals surface area contributed by atoms with Crippen molar-refractivity contribution < 1.29 is 9.63 Å². The molecule has 2 rings (SSSR count).